The molecule has 0 saturated heterocycles. The van der Waals surface area contributed by atoms with E-state index < -0.39 is 0 Å². The van der Waals surface area contributed by atoms with Crippen molar-refractivity contribution in [1.29, 1.82) is 0 Å². The number of ether oxygens (including phenoxy) is 2. The fourth-order valence-electron chi connectivity index (χ4n) is 3.50. The number of carbonyl (C=O) groups excluding carboxylic acids is 2. The van der Waals surface area contributed by atoms with Crippen LogP contribution in [0.1, 0.15) is 74.9 Å². The van der Waals surface area contributed by atoms with Gasteiger partial charge in [0.15, 0.2) is 0 Å². The number of esters is 2. The van der Waals surface area contributed by atoms with Gasteiger partial charge in [-0.05, 0) is 70.7 Å². The molecule has 0 heterocycles. The molecular formula is C38H57Cl3N2O4. The predicted octanol–water partition coefficient (Wildman–Crippen LogP) is 9.51. The molecule has 0 spiro atoms. The van der Waals surface area contributed by atoms with Gasteiger partial charge in [0.25, 0.3) is 0 Å². The third-order valence-corrected chi connectivity index (χ3v) is 7.19. The van der Waals surface area contributed by atoms with Gasteiger partial charge in [0.1, 0.15) is 6.61 Å². The van der Waals surface area contributed by atoms with E-state index in [9.17, 15) is 9.59 Å². The molecule has 0 aliphatic carbocycles. The number of alkyl halides is 2. The molecule has 1 N–H and O–H groups in total. The Hall–Kier alpha value is -2.61. The number of rotatable bonds is 13. The van der Waals surface area contributed by atoms with Crippen molar-refractivity contribution < 1.29 is 19.1 Å². The Labute approximate surface area is 300 Å². The van der Waals surface area contributed by atoms with Crippen molar-refractivity contribution in [2.45, 2.75) is 64.8 Å². The number of hydrogen-bond acceptors (Lipinski definition) is 6. The molecule has 9 heteroatoms. The van der Waals surface area contributed by atoms with E-state index >= 15 is 0 Å². The van der Waals surface area contributed by atoms with Gasteiger partial charge in [-0.15, -0.1) is 35.6 Å². The molecule has 6 nitrogen and oxygen atoms in total. The summed E-state index contributed by atoms with van der Waals surface area (Å²) in [5.41, 5.74) is 3.44. The number of halogens is 3. The zero-order valence-corrected chi connectivity index (χ0v) is 31.8. The standard InChI is InChI=1S/C11H16ClN.C11H14O2.C10H14ClN.C6H12O2.ClH/c1-13(2)9-8-11(12)10-6-4-3-5-7-10;1-9(2)11(12)13-8-10-6-4-3-5-7-10;1-12-8-7-10(11)9-5-3-2-4-6-9;1-4-8-6(7)5(2)3;/h3-7,11H,8-9H2,1-2H3;3-7,9H,8H2,1-2H3;2-6,10,12H,7-8H2,1H3;5H,4H2,1-3H3;1H. The zero-order valence-electron chi connectivity index (χ0n) is 29.5. The quantitative estimate of drug-likeness (QED) is 0.141. The van der Waals surface area contributed by atoms with Crippen LogP contribution in [0.4, 0.5) is 0 Å². The third-order valence-electron chi connectivity index (χ3n) is 6.25. The molecule has 47 heavy (non-hydrogen) atoms. The molecule has 264 valence electrons. The summed E-state index contributed by atoms with van der Waals surface area (Å²) in [6.07, 6.45) is 1.97. The smallest absolute Gasteiger partial charge is 0.308 e. The van der Waals surface area contributed by atoms with Crippen LogP contribution < -0.4 is 5.32 Å². The Morgan fingerprint density at radius 1 is 0.702 bits per heavy atom. The van der Waals surface area contributed by atoms with Crippen LogP contribution in [0.3, 0.4) is 0 Å². The van der Waals surface area contributed by atoms with E-state index in [1.54, 1.807) is 6.92 Å². The van der Waals surface area contributed by atoms with Crippen molar-refractivity contribution in [2.24, 2.45) is 11.8 Å². The Balaban J connectivity index is 0. The van der Waals surface area contributed by atoms with Gasteiger partial charge >= 0.3 is 11.9 Å². The maximum atomic E-state index is 11.1. The van der Waals surface area contributed by atoms with E-state index in [2.05, 4.69) is 53.3 Å². The van der Waals surface area contributed by atoms with Crippen LogP contribution in [0.25, 0.3) is 0 Å². The highest BCUT2D eigenvalue weighted by atomic mass is 35.5. The summed E-state index contributed by atoms with van der Waals surface area (Å²) < 4.78 is 9.71. The molecule has 3 aromatic rings. The average Bonchev–Trinajstić information content (AvgIpc) is 3.07. The van der Waals surface area contributed by atoms with Gasteiger partial charge in [-0.3, -0.25) is 9.59 Å². The molecule has 0 saturated carbocycles. The topological polar surface area (TPSA) is 67.9 Å². The molecule has 0 fully saturated rings. The highest BCUT2D eigenvalue weighted by Crippen LogP contribution is 2.24. The van der Waals surface area contributed by atoms with E-state index in [1.165, 1.54) is 11.1 Å². The molecule has 0 aliphatic heterocycles. The van der Waals surface area contributed by atoms with Crippen molar-refractivity contribution in [3.05, 3.63) is 108 Å². The van der Waals surface area contributed by atoms with Gasteiger partial charge in [-0.2, -0.15) is 0 Å². The molecule has 3 aromatic carbocycles. The van der Waals surface area contributed by atoms with Gasteiger partial charge < -0.3 is 19.7 Å². The molecule has 0 aliphatic rings. The molecule has 0 bridgehead atoms. The maximum Gasteiger partial charge on any atom is 0.308 e. The summed E-state index contributed by atoms with van der Waals surface area (Å²) in [4.78, 5) is 23.8. The van der Waals surface area contributed by atoms with Gasteiger partial charge in [-0.1, -0.05) is 119 Å². The molecule has 3 rings (SSSR count). The van der Waals surface area contributed by atoms with E-state index in [4.69, 9.17) is 27.9 Å². The monoisotopic (exact) mass is 710 g/mol. The first-order valence-corrected chi connectivity index (χ1v) is 16.8. The number of benzene rings is 3. The normalized spacial score (nSPS) is 11.3. The first-order chi connectivity index (χ1) is 21.9. The minimum Gasteiger partial charge on any atom is -0.466 e. The summed E-state index contributed by atoms with van der Waals surface area (Å²) in [7, 11) is 6.07. The zero-order chi connectivity index (χ0) is 34.7. The second-order valence-corrected chi connectivity index (χ2v) is 12.4. The SMILES string of the molecule is CC(C)C(=O)OCc1ccccc1.CCOC(=O)C(C)C.CN(C)CCC(Cl)c1ccccc1.CNCCC(Cl)c1ccccc1.Cl. The lowest BCUT2D eigenvalue weighted by Crippen LogP contribution is -2.14. The van der Waals surface area contributed by atoms with E-state index in [0.717, 1.165) is 31.5 Å². The maximum absolute atomic E-state index is 11.1. The Kier molecular flexibility index (Phi) is 29.2. The lowest BCUT2D eigenvalue weighted by molar-refractivity contribution is -0.148. The summed E-state index contributed by atoms with van der Waals surface area (Å²) in [6.45, 7) is 11.9. The van der Waals surface area contributed by atoms with Gasteiger partial charge in [0.05, 0.1) is 29.2 Å². The highest BCUT2D eigenvalue weighted by molar-refractivity contribution is 6.21. The molecule has 2 unspecified atom stereocenters. The van der Waals surface area contributed by atoms with Crippen molar-refractivity contribution in [2.75, 3.05) is 40.8 Å². The summed E-state index contributed by atoms with van der Waals surface area (Å²) >= 11 is 12.4. The lowest BCUT2D eigenvalue weighted by Gasteiger charge is -2.13. The van der Waals surface area contributed by atoms with Crippen LogP contribution in [-0.2, 0) is 25.7 Å². The van der Waals surface area contributed by atoms with Gasteiger partial charge in [0.2, 0.25) is 0 Å². The first kappa shape index (κ1) is 46.5. The summed E-state index contributed by atoms with van der Waals surface area (Å²) in [5.74, 6) is -0.310. The Morgan fingerprint density at radius 3 is 1.47 bits per heavy atom. The molecule has 2 atom stereocenters. The van der Waals surface area contributed by atoms with Crippen LogP contribution in [0.2, 0.25) is 0 Å². The summed E-state index contributed by atoms with van der Waals surface area (Å²) in [6, 6.07) is 30.1. The first-order valence-electron chi connectivity index (χ1n) is 16.0. The average molecular weight is 712 g/mol. The second kappa shape index (κ2) is 29.5. The number of hydrogen-bond donors (Lipinski definition) is 1. The van der Waals surface area contributed by atoms with Crippen molar-refractivity contribution >= 4 is 47.5 Å². The second-order valence-electron chi connectivity index (χ2n) is 11.4. The van der Waals surface area contributed by atoms with Gasteiger partial charge in [-0.25, -0.2) is 0 Å². The minimum atomic E-state index is -0.149. The van der Waals surface area contributed by atoms with Crippen LogP contribution in [0, 0.1) is 11.8 Å². The van der Waals surface area contributed by atoms with E-state index in [0.29, 0.717) is 13.2 Å². The predicted molar refractivity (Wildman–Crippen MR) is 202 cm³/mol. The Bertz CT molecular complexity index is 1150. The largest absolute Gasteiger partial charge is 0.466 e. The molecule has 0 amide bonds. The van der Waals surface area contributed by atoms with Crippen LogP contribution in [-0.4, -0.2) is 57.7 Å². The molecule has 0 radical (unpaired) electrons. The van der Waals surface area contributed by atoms with Crippen molar-refractivity contribution in [3.8, 4) is 0 Å². The van der Waals surface area contributed by atoms with Crippen LogP contribution in [0.15, 0.2) is 91.0 Å². The fraction of sp³-hybridized carbons (Fsp3) is 0.474. The number of carbonyl (C=O) groups is 2. The molecule has 0 aromatic heterocycles. The number of nitrogens with zero attached hydrogens (tertiary/aromatic N) is 1. The summed E-state index contributed by atoms with van der Waals surface area (Å²) in [5, 5.41) is 3.36. The lowest BCUT2D eigenvalue weighted by atomic mass is 10.1. The number of nitrogens with one attached hydrogen (secondary N) is 1. The van der Waals surface area contributed by atoms with E-state index in [-0.39, 0.29) is 46.9 Å². The van der Waals surface area contributed by atoms with Crippen molar-refractivity contribution in [1.82, 2.24) is 10.2 Å². The van der Waals surface area contributed by atoms with Crippen molar-refractivity contribution in [3.63, 3.8) is 0 Å². The van der Waals surface area contributed by atoms with Crippen LogP contribution >= 0.6 is 35.6 Å². The fourth-order valence-corrected chi connectivity index (χ4v) is 4.00. The van der Waals surface area contributed by atoms with E-state index in [1.807, 2.05) is 101 Å². The highest BCUT2D eigenvalue weighted by Gasteiger charge is 2.08. The van der Waals surface area contributed by atoms with Crippen LogP contribution in [0.5, 0.6) is 0 Å². The Morgan fingerprint density at radius 2 is 1.11 bits per heavy atom. The third kappa shape index (κ3) is 25.1. The van der Waals surface area contributed by atoms with Gasteiger partial charge in [0, 0.05) is 0 Å². The molecular weight excluding hydrogens is 655 g/mol. The minimum absolute atomic E-state index is 0.